The molecule has 0 unspecified atom stereocenters. The fraction of sp³-hybridized carbons (Fsp3) is 0.344. The highest BCUT2D eigenvalue weighted by Crippen LogP contribution is 2.14. The summed E-state index contributed by atoms with van der Waals surface area (Å²) in [5.41, 5.74) is 7.17. The molecule has 1 N–H and O–H groups in total. The highest BCUT2D eigenvalue weighted by atomic mass is 16.5. The van der Waals surface area contributed by atoms with Crippen LogP contribution >= 0.6 is 0 Å². The van der Waals surface area contributed by atoms with Crippen molar-refractivity contribution in [3.8, 4) is 11.5 Å². The van der Waals surface area contributed by atoms with Gasteiger partial charge in [-0.1, -0.05) is 78.9 Å². The SMILES string of the molecule is CCCCc1nc(B(c2cccc(OCC)c2)c2cccc(OCC)c2)[nH]c1CCCc1ccccc1. The molecule has 0 amide bonds. The Morgan fingerprint density at radius 3 is 1.95 bits per heavy atom. The number of hydrogen-bond donors (Lipinski definition) is 1. The molecule has 4 nitrogen and oxygen atoms in total. The smallest absolute Gasteiger partial charge is 0.287 e. The summed E-state index contributed by atoms with van der Waals surface area (Å²) < 4.78 is 11.7. The summed E-state index contributed by atoms with van der Waals surface area (Å²) in [7, 11) is 0. The Morgan fingerprint density at radius 1 is 0.703 bits per heavy atom. The van der Waals surface area contributed by atoms with Gasteiger partial charge < -0.3 is 14.5 Å². The zero-order valence-electron chi connectivity index (χ0n) is 22.5. The average molecular weight is 494 g/mol. The van der Waals surface area contributed by atoms with E-state index in [0.29, 0.717) is 13.2 Å². The number of benzene rings is 3. The van der Waals surface area contributed by atoms with Gasteiger partial charge >= 0.3 is 0 Å². The highest BCUT2D eigenvalue weighted by molar-refractivity contribution is 6.94. The molecule has 37 heavy (non-hydrogen) atoms. The van der Waals surface area contributed by atoms with Crippen LogP contribution in [0.5, 0.6) is 11.5 Å². The molecule has 1 heterocycles. The molecule has 4 aromatic rings. The van der Waals surface area contributed by atoms with Crippen LogP contribution in [-0.2, 0) is 19.3 Å². The van der Waals surface area contributed by atoms with Crippen LogP contribution < -0.4 is 26.1 Å². The van der Waals surface area contributed by atoms with E-state index in [0.717, 1.165) is 66.7 Å². The lowest BCUT2D eigenvalue weighted by Crippen LogP contribution is -2.53. The molecule has 1 aromatic heterocycles. The minimum atomic E-state index is -0.0379. The lowest BCUT2D eigenvalue weighted by molar-refractivity contribution is 0.340. The third-order valence-electron chi connectivity index (χ3n) is 6.66. The van der Waals surface area contributed by atoms with E-state index in [-0.39, 0.29) is 6.71 Å². The Bertz CT molecular complexity index is 1190. The summed E-state index contributed by atoms with van der Waals surface area (Å²) in [6.45, 7) is 7.52. The molecule has 0 fully saturated rings. The van der Waals surface area contributed by atoms with Crippen molar-refractivity contribution in [3.63, 3.8) is 0 Å². The van der Waals surface area contributed by atoms with Gasteiger partial charge in [0, 0.05) is 5.69 Å². The summed E-state index contributed by atoms with van der Waals surface area (Å²) in [6, 6.07) is 27.5. The second-order valence-corrected chi connectivity index (χ2v) is 9.43. The van der Waals surface area contributed by atoms with Gasteiger partial charge in [0.05, 0.1) is 24.6 Å². The number of H-pyrrole nitrogens is 1. The second-order valence-electron chi connectivity index (χ2n) is 9.43. The number of unbranched alkanes of at least 4 members (excludes halogenated alkanes) is 1. The third-order valence-corrected chi connectivity index (χ3v) is 6.66. The first kappa shape index (κ1) is 26.6. The summed E-state index contributed by atoms with van der Waals surface area (Å²) >= 11 is 0. The minimum Gasteiger partial charge on any atom is -0.494 e. The molecule has 0 aliphatic heterocycles. The molecule has 0 aliphatic rings. The number of aromatic nitrogens is 2. The number of rotatable bonds is 14. The quantitative estimate of drug-likeness (QED) is 0.244. The first-order valence-electron chi connectivity index (χ1n) is 13.8. The van der Waals surface area contributed by atoms with Crippen molar-refractivity contribution >= 4 is 23.4 Å². The van der Waals surface area contributed by atoms with Crippen molar-refractivity contribution in [3.05, 3.63) is 95.8 Å². The van der Waals surface area contributed by atoms with E-state index < -0.39 is 0 Å². The van der Waals surface area contributed by atoms with Crippen molar-refractivity contribution in [2.45, 2.75) is 59.3 Å². The molecule has 0 bridgehead atoms. The fourth-order valence-corrected chi connectivity index (χ4v) is 4.89. The van der Waals surface area contributed by atoms with Crippen LogP contribution in [0.2, 0.25) is 0 Å². The maximum atomic E-state index is 5.85. The van der Waals surface area contributed by atoms with Crippen molar-refractivity contribution in [1.29, 1.82) is 0 Å². The van der Waals surface area contributed by atoms with Gasteiger partial charge in [0.1, 0.15) is 11.5 Å². The number of nitrogens with zero attached hydrogens (tertiary/aromatic N) is 1. The molecular weight excluding hydrogens is 455 g/mol. The number of imidazole rings is 1. The lowest BCUT2D eigenvalue weighted by atomic mass is 9.40. The number of hydrogen-bond acceptors (Lipinski definition) is 3. The van der Waals surface area contributed by atoms with Crippen LogP contribution in [0.4, 0.5) is 0 Å². The first-order valence-corrected chi connectivity index (χ1v) is 13.8. The van der Waals surface area contributed by atoms with Gasteiger partial charge in [-0.3, -0.25) is 0 Å². The lowest BCUT2D eigenvalue weighted by Gasteiger charge is -2.15. The molecule has 5 heteroatoms. The summed E-state index contributed by atoms with van der Waals surface area (Å²) in [5.74, 6) is 1.76. The Balaban J connectivity index is 1.70. The number of aryl methyl sites for hydroxylation is 3. The van der Waals surface area contributed by atoms with Gasteiger partial charge in [-0.05, 0) is 75.8 Å². The van der Waals surface area contributed by atoms with E-state index in [9.17, 15) is 0 Å². The Kier molecular flexibility index (Phi) is 9.87. The molecule has 3 aromatic carbocycles. The zero-order chi connectivity index (χ0) is 25.9. The first-order chi connectivity index (χ1) is 18.2. The molecular formula is C32H39BN2O2. The summed E-state index contributed by atoms with van der Waals surface area (Å²) in [4.78, 5) is 9.02. The molecule has 0 saturated heterocycles. The second kappa shape index (κ2) is 13.7. The Labute approximate surface area is 222 Å². The van der Waals surface area contributed by atoms with E-state index in [1.54, 1.807) is 0 Å². The van der Waals surface area contributed by atoms with Gasteiger partial charge in [0.15, 0.2) is 0 Å². The topological polar surface area (TPSA) is 47.1 Å². The molecule has 4 rings (SSSR count). The zero-order valence-corrected chi connectivity index (χ0v) is 22.5. The van der Waals surface area contributed by atoms with E-state index in [4.69, 9.17) is 14.5 Å². The van der Waals surface area contributed by atoms with Crippen LogP contribution in [0.1, 0.15) is 57.0 Å². The van der Waals surface area contributed by atoms with Crippen LogP contribution in [0, 0.1) is 0 Å². The largest absolute Gasteiger partial charge is 0.494 e. The van der Waals surface area contributed by atoms with Gasteiger partial charge in [-0.2, -0.15) is 0 Å². The molecule has 0 spiro atoms. The summed E-state index contributed by atoms with van der Waals surface area (Å²) in [5, 5.41) is 0. The molecule has 192 valence electrons. The highest BCUT2D eigenvalue weighted by Gasteiger charge is 2.27. The molecule has 0 radical (unpaired) electrons. The van der Waals surface area contributed by atoms with Crippen LogP contribution in [0.3, 0.4) is 0 Å². The van der Waals surface area contributed by atoms with Crippen LogP contribution in [-0.4, -0.2) is 29.9 Å². The molecule has 0 aliphatic carbocycles. The van der Waals surface area contributed by atoms with Gasteiger partial charge in [-0.15, -0.1) is 0 Å². The van der Waals surface area contributed by atoms with Gasteiger partial charge in [0.2, 0.25) is 0 Å². The number of nitrogens with one attached hydrogen (secondary N) is 1. The minimum absolute atomic E-state index is 0.0379. The van der Waals surface area contributed by atoms with Crippen molar-refractivity contribution < 1.29 is 9.47 Å². The Morgan fingerprint density at radius 2 is 1.35 bits per heavy atom. The predicted molar refractivity (Wildman–Crippen MR) is 156 cm³/mol. The van der Waals surface area contributed by atoms with Crippen molar-refractivity contribution in [2.24, 2.45) is 0 Å². The standard InChI is InChI=1S/C32H39BN2O2/c1-4-7-21-30-31(22-11-16-25-14-9-8-10-15-25)35-32(34-30)33(26-17-12-19-28(23-26)36-5-2)27-18-13-20-29(24-27)37-6-3/h8-10,12-15,17-20,23-24H,4-7,11,16,21-22H2,1-3H3,(H,34,35). The molecule has 0 saturated carbocycles. The fourth-order valence-electron chi connectivity index (χ4n) is 4.89. The third kappa shape index (κ3) is 7.28. The van der Waals surface area contributed by atoms with E-state index in [1.165, 1.54) is 17.0 Å². The Hall–Kier alpha value is -3.47. The normalized spacial score (nSPS) is 10.9. The van der Waals surface area contributed by atoms with Crippen LogP contribution in [0.25, 0.3) is 0 Å². The van der Waals surface area contributed by atoms with E-state index >= 15 is 0 Å². The number of aromatic amines is 1. The maximum Gasteiger partial charge on any atom is 0.287 e. The van der Waals surface area contributed by atoms with E-state index in [1.807, 2.05) is 26.0 Å². The maximum absolute atomic E-state index is 5.85. The van der Waals surface area contributed by atoms with Crippen molar-refractivity contribution in [2.75, 3.05) is 13.2 Å². The van der Waals surface area contributed by atoms with Gasteiger partial charge in [0.25, 0.3) is 6.71 Å². The number of ether oxygens (including phenoxy) is 2. The monoisotopic (exact) mass is 494 g/mol. The summed E-state index contributed by atoms with van der Waals surface area (Å²) in [6.07, 6.45) is 6.44. The van der Waals surface area contributed by atoms with Crippen molar-refractivity contribution in [1.82, 2.24) is 9.97 Å². The van der Waals surface area contributed by atoms with E-state index in [2.05, 4.69) is 78.6 Å². The predicted octanol–water partition coefficient (Wildman–Crippen LogP) is 5.24. The average Bonchev–Trinajstić information content (AvgIpc) is 3.31. The molecule has 0 atom stereocenters. The van der Waals surface area contributed by atoms with Gasteiger partial charge in [-0.25, -0.2) is 4.98 Å². The van der Waals surface area contributed by atoms with Crippen LogP contribution in [0.15, 0.2) is 78.9 Å².